The number of sulfonamides is 1. The number of likely N-dealkylation sites (N-methyl/N-ethyl adjacent to an activating group) is 1. The topological polar surface area (TPSA) is 73.0 Å². The highest BCUT2D eigenvalue weighted by Gasteiger charge is 2.33. The Kier molecular flexibility index (Phi) is 8.40. The Bertz CT molecular complexity index is 836. The lowest BCUT2D eigenvalue weighted by Crippen LogP contribution is -2.45. The maximum absolute atomic E-state index is 12.9. The zero-order chi connectivity index (χ0) is 21.7. The number of nitrogens with zero attached hydrogens (tertiary/aromatic N) is 3. The lowest BCUT2D eigenvalue weighted by atomic mass is 9.97. The maximum Gasteiger partial charge on any atom is 0.244 e. The van der Waals surface area contributed by atoms with Gasteiger partial charge in [0.15, 0.2) is 0 Å². The number of nitrogens with one attached hydrogen (secondary N) is 1. The second-order valence-electron chi connectivity index (χ2n) is 8.04. The van der Waals surface area contributed by atoms with Crippen LogP contribution in [0, 0.1) is 5.92 Å². The van der Waals surface area contributed by atoms with Crippen LogP contribution >= 0.6 is 23.2 Å². The van der Waals surface area contributed by atoms with Crippen molar-refractivity contribution in [3.8, 4) is 0 Å². The smallest absolute Gasteiger partial charge is 0.244 e. The summed E-state index contributed by atoms with van der Waals surface area (Å²) in [6, 6.07) is 4.42. The van der Waals surface area contributed by atoms with Crippen LogP contribution in [0.3, 0.4) is 0 Å². The van der Waals surface area contributed by atoms with Crippen LogP contribution in [0.4, 0.5) is 0 Å². The summed E-state index contributed by atoms with van der Waals surface area (Å²) in [5.74, 6) is -0.138. The number of rotatable bonds is 7. The average Bonchev–Trinajstić information content (AvgIpc) is 2.74. The first-order chi connectivity index (χ1) is 14.3. The van der Waals surface area contributed by atoms with Crippen molar-refractivity contribution >= 4 is 39.1 Å². The fourth-order valence-electron chi connectivity index (χ4n) is 3.90. The van der Waals surface area contributed by atoms with E-state index in [1.165, 1.54) is 16.4 Å². The van der Waals surface area contributed by atoms with Crippen LogP contribution in [0.1, 0.15) is 19.3 Å². The predicted octanol–water partition coefficient (Wildman–Crippen LogP) is 2.15. The summed E-state index contributed by atoms with van der Waals surface area (Å²) in [7, 11) is -1.59. The molecule has 2 fully saturated rings. The number of carbonyl (C=O) groups excluding carboxylic acids is 1. The quantitative estimate of drug-likeness (QED) is 0.610. The Morgan fingerprint density at radius 1 is 1.10 bits per heavy atom. The molecular formula is C20H30Cl2N4O3S. The van der Waals surface area contributed by atoms with Gasteiger partial charge in [0.1, 0.15) is 4.90 Å². The summed E-state index contributed by atoms with van der Waals surface area (Å²) in [4.78, 5) is 17.2. The van der Waals surface area contributed by atoms with Gasteiger partial charge in [0, 0.05) is 56.8 Å². The molecule has 0 aliphatic carbocycles. The standard InChI is InChI=1S/C20H30Cl2N4O3S/c1-24-11-13-25(14-12-24)8-2-7-23-20(27)16-5-9-26(10-6-16)30(28,29)19-15-17(21)3-4-18(19)22/h3-4,15-16H,2,5-14H2,1H3,(H,23,27). The highest BCUT2D eigenvalue weighted by Crippen LogP contribution is 2.30. The molecule has 0 unspecified atom stereocenters. The van der Waals surface area contributed by atoms with Crippen LogP contribution in [0.15, 0.2) is 23.1 Å². The van der Waals surface area contributed by atoms with Crippen molar-refractivity contribution in [2.75, 3.05) is 59.4 Å². The summed E-state index contributed by atoms with van der Waals surface area (Å²) < 4.78 is 27.2. The van der Waals surface area contributed by atoms with E-state index in [4.69, 9.17) is 23.2 Å². The SMILES string of the molecule is CN1CCN(CCCNC(=O)C2CCN(S(=O)(=O)c3cc(Cl)ccc3Cl)CC2)CC1. The molecule has 0 radical (unpaired) electrons. The van der Waals surface area contributed by atoms with Gasteiger partial charge in [-0.05, 0) is 51.1 Å². The van der Waals surface area contributed by atoms with E-state index in [0.717, 1.165) is 39.1 Å². The Morgan fingerprint density at radius 2 is 1.77 bits per heavy atom. The lowest BCUT2D eigenvalue weighted by Gasteiger charge is -2.32. The third-order valence-corrected chi connectivity index (χ3v) is 8.50. The van der Waals surface area contributed by atoms with Crippen molar-refractivity contribution in [2.24, 2.45) is 5.92 Å². The van der Waals surface area contributed by atoms with Crippen LogP contribution in [-0.2, 0) is 14.8 Å². The molecule has 1 aromatic rings. The Labute approximate surface area is 189 Å². The predicted molar refractivity (Wildman–Crippen MR) is 120 cm³/mol. The molecule has 2 saturated heterocycles. The van der Waals surface area contributed by atoms with E-state index >= 15 is 0 Å². The highest BCUT2D eigenvalue weighted by molar-refractivity contribution is 7.89. The number of amides is 1. The molecule has 10 heteroatoms. The molecule has 7 nitrogen and oxygen atoms in total. The van der Waals surface area contributed by atoms with Gasteiger partial charge in [-0.3, -0.25) is 4.79 Å². The van der Waals surface area contributed by atoms with E-state index in [0.29, 0.717) is 37.5 Å². The molecule has 0 bridgehead atoms. The fourth-order valence-corrected chi connectivity index (χ4v) is 6.11. The Hall–Kier alpha value is -0.900. The Morgan fingerprint density at radius 3 is 2.43 bits per heavy atom. The zero-order valence-corrected chi connectivity index (χ0v) is 19.6. The summed E-state index contributed by atoms with van der Waals surface area (Å²) in [6.45, 7) is 6.58. The summed E-state index contributed by atoms with van der Waals surface area (Å²) >= 11 is 12.0. The largest absolute Gasteiger partial charge is 0.356 e. The second kappa shape index (κ2) is 10.6. The summed E-state index contributed by atoms with van der Waals surface area (Å²) in [6.07, 6.45) is 1.93. The molecule has 2 aliphatic rings. The lowest BCUT2D eigenvalue weighted by molar-refractivity contribution is -0.126. The monoisotopic (exact) mass is 476 g/mol. The first-order valence-electron chi connectivity index (χ1n) is 10.4. The number of halogens is 2. The number of carbonyl (C=O) groups is 1. The van der Waals surface area contributed by atoms with Crippen molar-refractivity contribution in [3.05, 3.63) is 28.2 Å². The van der Waals surface area contributed by atoms with Gasteiger partial charge in [-0.2, -0.15) is 4.31 Å². The maximum atomic E-state index is 12.9. The number of hydrogen-bond acceptors (Lipinski definition) is 5. The van der Waals surface area contributed by atoms with Crippen molar-refractivity contribution in [1.82, 2.24) is 19.4 Å². The van der Waals surface area contributed by atoms with Gasteiger partial charge in [-0.1, -0.05) is 23.2 Å². The molecule has 30 heavy (non-hydrogen) atoms. The van der Waals surface area contributed by atoms with Crippen LogP contribution < -0.4 is 5.32 Å². The molecule has 2 aliphatic heterocycles. The van der Waals surface area contributed by atoms with Gasteiger partial charge in [0.25, 0.3) is 0 Å². The molecule has 0 atom stereocenters. The minimum absolute atomic E-state index is 0.0171. The molecule has 1 aromatic carbocycles. The third-order valence-electron chi connectivity index (χ3n) is 5.88. The Balaban J connectivity index is 1.42. The first kappa shape index (κ1) is 23.8. The first-order valence-corrected chi connectivity index (χ1v) is 12.6. The molecule has 0 saturated carbocycles. The van der Waals surface area contributed by atoms with Gasteiger partial charge >= 0.3 is 0 Å². The molecule has 0 spiro atoms. The van der Waals surface area contributed by atoms with Gasteiger partial charge in [-0.25, -0.2) is 8.42 Å². The molecule has 1 N–H and O–H groups in total. The summed E-state index contributed by atoms with van der Waals surface area (Å²) in [5.41, 5.74) is 0. The van der Waals surface area contributed by atoms with E-state index in [9.17, 15) is 13.2 Å². The van der Waals surface area contributed by atoms with Gasteiger partial charge in [0.05, 0.1) is 5.02 Å². The zero-order valence-electron chi connectivity index (χ0n) is 17.3. The highest BCUT2D eigenvalue weighted by atomic mass is 35.5. The fraction of sp³-hybridized carbons (Fsp3) is 0.650. The molecule has 0 aromatic heterocycles. The second-order valence-corrected chi connectivity index (χ2v) is 10.8. The van der Waals surface area contributed by atoms with Crippen molar-refractivity contribution in [3.63, 3.8) is 0 Å². The molecular weight excluding hydrogens is 447 g/mol. The van der Waals surface area contributed by atoms with E-state index < -0.39 is 10.0 Å². The van der Waals surface area contributed by atoms with E-state index in [1.54, 1.807) is 6.07 Å². The molecule has 3 rings (SSSR count). The molecule has 2 heterocycles. The van der Waals surface area contributed by atoms with E-state index in [2.05, 4.69) is 22.2 Å². The normalized spacial score (nSPS) is 20.4. The van der Waals surface area contributed by atoms with Gasteiger partial charge in [-0.15, -0.1) is 0 Å². The minimum Gasteiger partial charge on any atom is -0.356 e. The number of piperidine rings is 1. The van der Waals surface area contributed by atoms with Crippen LogP contribution in [-0.4, -0.2) is 87.8 Å². The third kappa shape index (κ3) is 6.08. The van der Waals surface area contributed by atoms with Crippen LogP contribution in [0.2, 0.25) is 10.0 Å². The van der Waals surface area contributed by atoms with Gasteiger partial charge in [0.2, 0.25) is 15.9 Å². The summed E-state index contributed by atoms with van der Waals surface area (Å²) in [5, 5.41) is 3.50. The van der Waals surface area contributed by atoms with Crippen molar-refractivity contribution in [2.45, 2.75) is 24.2 Å². The average molecular weight is 477 g/mol. The van der Waals surface area contributed by atoms with E-state index in [1.807, 2.05) is 0 Å². The van der Waals surface area contributed by atoms with Crippen LogP contribution in [0.5, 0.6) is 0 Å². The van der Waals surface area contributed by atoms with Crippen LogP contribution in [0.25, 0.3) is 0 Å². The minimum atomic E-state index is -3.73. The molecule has 1 amide bonds. The molecule has 168 valence electrons. The number of hydrogen-bond donors (Lipinski definition) is 1. The van der Waals surface area contributed by atoms with Crippen molar-refractivity contribution in [1.29, 1.82) is 0 Å². The van der Waals surface area contributed by atoms with E-state index in [-0.39, 0.29) is 21.7 Å². The van der Waals surface area contributed by atoms with Gasteiger partial charge < -0.3 is 15.1 Å². The number of piperazine rings is 1. The van der Waals surface area contributed by atoms with Crippen molar-refractivity contribution < 1.29 is 13.2 Å². The number of benzene rings is 1.